The number of hydrogen-bond acceptors (Lipinski definition) is 2. The van der Waals surface area contributed by atoms with Crippen LogP contribution in [0.5, 0.6) is 0 Å². The van der Waals surface area contributed by atoms with Crippen molar-refractivity contribution in [2.24, 2.45) is 0 Å². The third kappa shape index (κ3) is 2.67. The van der Waals surface area contributed by atoms with Gasteiger partial charge in [-0.2, -0.15) is 11.8 Å². The lowest BCUT2D eigenvalue weighted by atomic mass is 10.5. The summed E-state index contributed by atoms with van der Waals surface area (Å²) >= 11 is 7.59. The van der Waals surface area contributed by atoms with Gasteiger partial charge in [-0.25, -0.2) is 4.98 Å². The van der Waals surface area contributed by atoms with Crippen molar-refractivity contribution >= 4 is 29.0 Å². The van der Waals surface area contributed by atoms with Crippen LogP contribution in [0.1, 0.15) is 12.6 Å². The molecule has 15 heavy (non-hydrogen) atoms. The number of rotatable bonds is 4. The molecule has 0 aromatic carbocycles. The first kappa shape index (κ1) is 10.8. The van der Waals surface area contributed by atoms with E-state index in [0.717, 1.165) is 17.1 Å². The molecular formula is C11H13ClN2S. The van der Waals surface area contributed by atoms with Crippen LogP contribution in [0, 0.1) is 0 Å². The van der Waals surface area contributed by atoms with Crippen LogP contribution in [-0.2, 0) is 5.75 Å². The molecule has 2 nitrogen and oxygen atoms in total. The highest BCUT2D eigenvalue weighted by Gasteiger charge is 2.04. The largest absolute Gasteiger partial charge is 0.307 e. The van der Waals surface area contributed by atoms with E-state index in [-0.39, 0.29) is 0 Å². The number of halogens is 1. The highest BCUT2D eigenvalue weighted by molar-refractivity contribution is 7.99. The molecule has 1 atom stereocenters. The lowest BCUT2D eigenvalue weighted by Gasteiger charge is -2.03. The number of pyridine rings is 1. The Kier molecular flexibility index (Phi) is 3.54. The Bertz CT molecular complexity index is 408. The Morgan fingerprint density at radius 3 is 3.13 bits per heavy atom. The van der Waals surface area contributed by atoms with Gasteiger partial charge in [-0.05, 0) is 12.1 Å². The van der Waals surface area contributed by atoms with E-state index in [0.29, 0.717) is 11.1 Å². The number of nitrogens with zero attached hydrogens (tertiary/aromatic N) is 2. The highest BCUT2D eigenvalue weighted by atomic mass is 35.5. The maximum absolute atomic E-state index is 5.75. The summed E-state index contributed by atoms with van der Waals surface area (Å²) < 4.78 is 2.04. The molecular weight excluding hydrogens is 228 g/mol. The molecule has 2 aromatic heterocycles. The monoisotopic (exact) mass is 240 g/mol. The van der Waals surface area contributed by atoms with Crippen molar-refractivity contribution < 1.29 is 0 Å². The zero-order valence-electron chi connectivity index (χ0n) is 8.56. The first-order chi connectivity index (χ1) is 7.29. The maximum Gasteiger partial charge on any atom is 0.137 e. The Morgan fingerprint density at radius 2 is 2.40 bits per heavy atom. The van der Waals surface area contributed by atoms with Gasteiger partial charge in [0, 0.05) is 29.3 Å². The van der Waals surface area contributed by atoms with Crippen LogP contribution in [0.25, 0.3) is 5.65 Å². The minimum atomic E-state index is 0.483. The molecule has 0 radical (unpaired) electrons. The van der Waals surface area contributed by atoms with E-state index in [1.807, 2.05) is 40.6 Å². The summed E-state index contributed by atoms with van der Waals surface area (Å²) in [4.78, 5) is 4.52. The lowest BCUT2D eigenvalue weighted by Crippen LogP contribution is -1.97. The Balaban J connectivity index is 2.09. The number of hydrogen-bond donors (Lipinski definition) is 0. The molecule has 0 aliphatic rings. The van der Waals surface area contributed by atoms with E-state index >= 15 is 0 Å². The van der Waals surface area contributed by atoms with Crippen LogP contribution in [0.3, 0.4) is 0 Å². The molecule has 0 saturated carbocycles. The fourth-order valence-electron chi connectivity index (χ4n) is 1.33. The Hall–Kier alpha value is -0.670. The molecule has 0 saturated heterocycles. The quantitative estimate of drug-likeness (QED) is 0.764. The van der Waals surface area contributed by atoms with Gasteiger partial charge in [-0.3, -0.25) is 0 Å². The first-order valence-electron chi connectivity index (χ1n) is 4.90. The molecule has 0 fully saturated rings. The average Bonchev–Trinajstić information content (AvgIpc) is 2.68. The molecule has 2 heterocycles. The summed E-state index contributed by atoms with van der Waals surface area (Å²) in [6, 6.07) is 6.02. The normalized spacial score (nSPS) is 13.2. The second kappa shape index (κ2) is 4.90. The van der Waals surface area contributed by atoms with Gasteiger partial charge in [0.2, 0.25) is 0 Å². The minimum Gasteiger partial charge on any atom is -0.307 e. The van der Waals surface area contributed by atoms with Crippen molar-refractivity contribution in [1.29, 1.82) is 0 Å². The second-order valence-corrected chi connectivity index (χ2v) is 5.21. The molecule has 0 amide bonds. The van der Waals surface area contributed by atoms with Crippen LogP contribution in [0.15, 0.2) is 30.6 Å². The number of thioether (sulfide) groups is 1. The zero-order chi connectivity index (χ0) is 10.7. The fraction of sp³-hybridized carbons (Fsp3) is 0.364. The van der Waals surface area contributed by atoms with Gasteiger partial charge in [-0.1, -0.05) is 13.0 Å². The molecule has 4 heteroatoms. The van der Waals surface area contributed by atoms with Gasteiger partial charge in [-0.15, -0.1) is 11.6 Å². The average molecular weight is 241 g/mol. The summed E-state index contributed by atoms with van der Waals surface area (Å²) in [5.41, 5.74) is 2.12. The highest BCUT2D eigenvalue weighted by Crippen LogP contribution is 2.18. The van der Waals surface area contributed by atoms with E-state index in [2.05, 4.69) is 18.1 Å². The molecule has 0 aliphatic carbocycles. The molecule has 80 valence electrons. The Morgan fingerprint density at radius 1 is 1.53 bits per heavy atom. The van der Waals surface area contributed by atoms with Crippen LogP contribution in [0.4, 0.5) is 0 Å². The van der Waals surface area contributed by atoms with Crippen molar-refractivity contribution in [3.63, 3.8) is 0 Å². The third-order valence-corrected chi connectivity index (χ3v) is 3.99. The van der Waals surface area contributed by atoms with E-state index in [1.165, 1.54) is 0 Å². The molecule has 2 rings (SSSR count). The van der Waals surface area contributed by atoms with Gasteiger partial charge >= 0.3 is 0 Å². The van der Waals surface area contributed by atoms with Crippen molar-refractivity contribution in [2.45, 2.75) is 17.9 Å². The van der Waals surface area contributed by atoms with Crippen molar-refractivity contribution in [1.82, 2.24) is 9.38 Å². The standard InChI is InChI=1S/C11H13ClN2S/c1-9(6-12)15-8-10-7-14-5-3-2-4-11(14)13-10/h2-5,7,9H,6,8H2,1H3. The predicted molar refractivity (Wildman–Crippen MR) is 66.7 cm³/mol. The van der Waals surface area contributed by atoms with Crippen LogP contribution < -0.4 is 0 Å². The van der Waals surface area contributed by atoms with Gasteiger partial charge < -0.3 is 4.40 Å². The molecule has 0 bridgehead atoms. The van der Waals surface area contributed by atoms with Crippen LogP contribution in [-0.4, -0.2) is 20.5 Å². The summed E-state index contributed by atoms with van der Waals surface area (Å²) in [5.74, 6) is 1.62. The van der Waals surface area contributed by atoms with Gasteiger partial charge in [0.05, 0.1) is 5.69 Å². The van der Waals surface area contributed by atoms with Gasteiger partial charge in [0.25, 0.3) is 0 Å². The van der Waals surface area contributed by atoms with Crippen LogP contribution in [0.2, 0.25) is 0 Å². The van der Waals surface area contributed by atoms with Crippen LogP contribution >= 0.6 is 23.4 Å². The summed E-state index contributed by atoms with van der Waals surface area (Å²) in [7, 11) is 0. The second-order valence-electron chi connectivity index (χ2n) is 3.47. The van der Waals surface area contributed by atoms with Gasteiger partial charge in [0.1, 0.15) is 5.65 Å². The maximum atomic E-state index is 5.75. The van der Waals surface area contributed by atoms with Crippen molar-refractivity contribution in [3.05, 3.63) is 36.3 Å². The van der Waals surface area contributed by atoms with E-state index in [9.17, 15) is 0 Å². The first-order valence-corrected chi connectivity index (χ1v) is 6.48. The smallest absolute Gasteiger partial charge is 0.137 e. The zero-order valence-corrected chi connectivity index (χ0v) is 10.1. The van der Waals surface area contributed by atoms with E-state index in [1.54, 1.807) is 0 Å². The van der Waals surface area contributed by atoms with E-state index in [4.69, 9.17) is 11.6 Å². The molecule has 2 aromatic rings. The molecule has 1 unspecified atom stereocenters. The molecule has 0 aliphatic heterocycles. The van der Waals surface area contributed by atoms with Crippen molar-refractivity contribution in [3.8, 4) is 0 Å². The summed E-state index contributed by atoms with van der Waals surface area (Å²) in [6.07, 6.45) is 4.09. The van der Waals surface area contributed by atoms with Gasteiger partial charge in [0.15, 0.2) is 0 Å². The SMILES string of the molecule is CC(CCl)SCc1cn2ccccc2n1. The van der Waals surface area contributed by atoms with E-state index < -0.39 is 0 Å². The number of alkyl halides is 1. The van der Waals surface area contributed by atoms with Crippen molar-refractivity contribution in [2.75, 3.05) is 5.88 Å². The number of fused-ring (bicyclic) bond motifs is 1. The molecule has 0 N–H and O–H groups in total. The fourth-order valence-corrected chi connectivity index (χ4v) is 2.28. The topological polar surface area (TPSA) is 17.3 Å². The Labute approximate surface area is 98.7 Å². The number of imidazole rings is 1. The summed E-state index contributed by atoms with van der Waals surface area (Å²) in [6.45, 7) is 2.13. The predicted octanol–water partition coefficient (Wildman–Crippen LogP) is 3.19. The lowest BCUT2D eigenvalue weighted by molar-refractivity contribution is 1.11. The summed E-state index contributed by atoms with van der Waals surface area (Å²) in [5, 5.41) is 0.483. The third-order valence-electron chi connectivity index (χ3n) is 2.15. The number of aromatic nitrogens is 2. The molecule has 0 spiro atoms. The minimum absolute atomic E-state index is 0.483.